The summed E-state index contributed by atoms with van der Waals surface area (Å²) < 4.78 is 1.14. The highest BCUT2D eigenvalue weighted by atomic mass is 79.9. The number of hydrogen-bond donors (Lipinski definition) is 1. The van der Waals surface area contributed by atoms with E-state index < -0.39 is 0 Å². The van der Waals surface area contributed by atoms with Gasteiger partial charge in [0.2, 0.25) is 5.91 Å². The summed E-state index contributed by atoms with van der Waals surface area (Å²) in [5, 5.41) is 3.58. The molecule has 2 aromatic rings. The Bertz CT molecular complexity index is 611. The molecule has 1 unspecified atom stereocenters. The first-order chi connectivity index (χ1) is 10.1. The highest BCUT2D eigenvalue weighted by Gasteiger charge is 2.15. The van der Waals surface area contributed by atoms with Crippen molar-refractivity contribution in [3.63, 3.8) is 0 Å². The molecule has 1 amide bonds. The van der Waals surface area contributed by atoms with Gasteiger partial charge in [-0.05, 0) is 37.0 Å². The normalized spacial score (nSPS) is 12.5. The second-order valence-electron chi connectivity index (χ2n) is 5.17. The lowest BCUT2D eigenvalue weighted by molar-refractivity contribution is -0.115. The Morgan fingerprint density at radius 1 is 1.38 bits per heavy atom. The third-order valence-corrected chi connectivity index (χ3v) is 5.14. The van der Waals surface area contributed by atoms with Gasteiger partial charge in [-0.15, -0.1) is 0 Å². The zero-order chi connectivity index (χ0) is 15.2. The number of carbonyl (C=O) groups is 1. The van der Waals surface area contributed by atoms with Crippen molar-refractivity contribution in [3.8, 4) is 0 Å². The Kier molecular flexibility index (Phi) is 6.18. The van der Waals surface area contributed by atoms with Crippen LogP contribution in [0.5, 0.6) is 0 Å². The Morgan fingerprint density at radius 3 is 2.90 bits per heavy atom. The molecule has 1 aromatic carbocycles. The number of rotatable bonds is 7. The average molecular weight is 369 g/mol. The van der Waals surface area contributed by atoms with E-state index in [2.05, 4.69) is 52.2 Å². The molecule has 3 nitrogen and oxygen atoms in total. The fraction of sp³-hybridized carbons (Fsp3) is 0.500. The molecule has 0 aliphatic rings. The molecular formula is C16H21BrN2OS. The predicted octanol–water partition coefficient (Wildman–Crippen LogP) is 5.14. The number of hydrogen-bond acceptors (Lipinski definition) is 3. The topological polar surface area (TPSA) is 42.0 Å². The van der Waals surface area contributed by atoms with E-state index in [1.807, 2.05) is 6.07 Å². The number of aryl methyl sites for hydroxylation is 1. The van der Waals surface area contributed by atoms with Crippen molar-refractivity contribution < 1.29 is 4.79 Å². The third kappa shape index (κ3) is 4.51. The molecule has 1 N–H and O–H groups in total. The van der Waals surface area contributed by atoms with Crippen LogP contribution in [0, 0.1) is 0 Å². The molecule has 1 aromatic heterocycles. The lowest BCUT2D eigenvalue weighted by Crippen LogP contribution is -2.22. The zero-order valence-electron chi connectivity index (χ0n) is 12.5. The van der Waals surface area contributed by atoms with Gasteiger partial charge >= 0.3 is 0 Å². The van der Waals surface area contributed by atoms with Crippen LogP contribution in [0.3, 0.4) is 0 Å². The van der Waals surface area contributed by atoms with Crippen molar-refractivity contribution in [2.75, 3.05) is 5.32 Å². The van der Waals surface area contributed by atoms with Gasteiger partial charge in [0.25, 0.3) is 0 Å². The minimum absolute atomic E-state index is 0.0119. The van der Waals surface area contributed by atoms with Crippen LogP contribution in [0.2, 0.25) is 0 Å². The summed E-state index contributed by atoms with van der Waals surface area (Å²) >= 11 is 4.95. The van der Waals surface area contributed by atoms with Crippen molar-refractivity contribution in [2.24, 2.45) is 0 Å². The van der Waals surface area contributed by atoms with Gasteiger partial charge in [-0.3, -0.25) is 4.79 Å². The van der Waals surface area contributed by atoms with E-state index in [-0.39, 0.29) is 10.7 Å². The van der Waals surface area contributed by atoms with E-state index >= 15 is 0 Å². The Labute approximate surface area is 138 Å². The average Bonchev–Trinajstić information content (AvgIpc) is 2.86. The molecule has 0 saturated heterocycles. The first-order valence-electron chi connectivity index (χ1n) is 7.48. The van der Waals surface area contributed by atoms with Crippen molar-refractivity contribution in [1.82, 2.24) is 4.98 Å². The Morgan fingerprint density at radius 2 is 2.19 bits per heavy atom. The molecule has 1 atom stereocenters. The molecule has 5 heteroatoms. The number of thiazole rings is 1. The molecule has 0 fully saturated rings. The largest absolute Gasteiger partial charge is 0.301 e. The molecule has 0 aliphatic heterocycles. The van der Waals surface area contributed by atoms with Gasteiger partial charge in [0.1, 0.15) is 0 Å². The molecule has 114 valence electrons. The first-order valence-corrected chi connectivity index (χ1v) is 9.21. The predicted molar refractivity (Wildman–Crippen MR) is 94.5 cm³/mol. The lowest BCUT2D eigenvalue weighted by atomic mass is 10.1. The second-order valence-corrected chi connectivity index (χ2v) is 7.31. The van der Waals surface area contributed by atoms with Crippen LogP contribution in [0.1, 0.15) is 45.1 Å². The van der Waals surface area contributed by atoms with Gasteiger partial charge in [-0.2, -0.15) is 0 Å². The fourth-order valence-electron chi connectivity index (χ4n) is 2.13. The number of amides is 1. The first kappa shape index (κ1) is 16.4. The second kappa shape index (κ2) is 7.90. The van der Waals surface area contributed by atoms with Gasteiger partial charge in [0, 0.05) is 0 Å². The molecule has 21 heavy (non-hydrogen) atoms. The number of alkyl halides is 1. The smallest absolute Gasteiger partial charge is 0.239 e. The zero-order valence-corrected chi connectivity index (χ0v) is 14.9. The van der Waals surface area contributed by atoms with Gasteiger partial charge in [0.05, 0.1) is 15.0 Å². The van der Waals surface area contributed by atoms with Gasteiger partial charge < -0.3 is 5.32 Å². The maximum absolute atomic E-state index is 12.0. The quantitative estimate of drug-likeness (QED) is 0.687. The summed E-state index contributed by atoms with van der Waals surface area (Å²) in [6.07, 6.45) is 5.32. The standard InChI is InChI=1S/C16H21BrN2OS/c1-3-5-7-11-8-9-13-14(10-11)21-16(18-13)19-15(20)12(17)6-4-2/h8-10,12H,3-7H2,1-2H3,(H,18,19,20). The van der Waals surface area contributed by atoms with E-state index in [1.54, 1.807) is 11.3 Å². The highest BCUT2D eigenvalue weighted by molar-refractivity contribution is 9.10. The Balaban J connectivity index is 2.09. The third-order valence-electron chi connectivity index (χ3n) is 3.33. The van der Waals surface area contributed by atoms with E-state index in [0.29, 0.717) is 5.13 Å². The summed E-state index contributed by atoms with van der Waals surface area (Å²) in [7, 11) is 0. The number of nitrogens with one attached hydrogen (secondary N) is 1. The van der Waals surface area contributed by atoms with Crippen LogP contribution in [-0.4, -0.2) is 15.7 Å². The van der Waals surface area contributed by atoms with Crippen molar-refractivity contribution >= 4 is 48.5 Å². The number of unbranched alkanes of at least 4 members (excludes halogenated alkanes) is 1. The van der Waals surface area contributed by atoms with Crippen molar-refractivity contribution in [3.05, 3.63) is 23.8 Å². The fourth-order valence-corrected chi connectivity index (χ4v) is 3.63. The minimum atomic E-state index is -0.144. The summed E-state index contributed by atoms with van der Waals surface area (Å²) in [6, 6.07) is 6.37. The van der Waals surface area contributed by atoms with Gasteiger partial charge in [-0.25, -0.2) is 4.98 Å². The van der Waals surface area contributed by atoms with Crippen LogP contribution >= 0.6 is 27.3 Å². The monoisotopic (exact) mass is 368 g/mol. The number of anilines is 1. The number of fused-ring (bicyclic) bond motifs is 1. The summed E-state index contributed by atoms with van der Waals surface area (Å²) in [4.78, 5) is 16.3. The maximum Gasteiger partial charge on any atom is 0.239 e. The van der Waals surface area contributed by atoms with E-state index in [0.717, 1.165) is 29.5 Å². The number of nitrogens with zero attached hydrogens (tertiary/aromatic N) is 1. The molecule has 1 heterocycles. The van der Waals surface area contributed by atoms with Crippen molar-refractivity contribution in [1.29, 1.82) is 0 Å². The van der Waals surface area contributed by atoms with Gasteiger partial charge in [0.15, 0.2) is 5.13 Å². The van der Waals surface area contributed by atoms with Crippen LogP contribution < -0.4 is 5.32 Å². The minimum Gasteiger partial charge on any atom is -0.301 e. The van der Waals surface area contributed by atoms with Crippen LogP contribution in [0.25, 0.3) is 10.2 Å². The molecule has 0 spiro atoms. The summed E-state index contributed by atoms with van der Waals surface area (Å²) in [6.45, 7) is 4.27. The lowest BCUT2D eigenvalue weighted by Gasteiger charge is -2.06. The molecule has 2 rings (SSSR count). The van der Waals surface area contributed by atoms with E-state index in [4.69, 9.17) is 0 Å². The summed E-state index contributed by atoms with van der Waals surface area (Å²) in [5.41, 5.74) is 2.30. The molecule has 0 aliphatic carbocycles. The number of carbonyl (C=O) groups excluding carboxylic acids is 1. The summed E-state index contributed by atoms with van der Waals surface area (Å²) in [5.74, 6) is -0.0119. The number of halogens is 1. The van der Waals surface area contributed by atoms with Crippen molar-refractivity contribution in [2.45, 2.75) is 50.8 Å². The highest BCUT2D eigenvalue weighted by Crippen LogP contribution is 2.27. The van der Waals surface area contributed by atoms with Crippen LogP contribution in [-0.2, 0) is 11.2 Å². The SMILES string of the molecule is CCCCc1ccc2nc(NC(=O)C(Br)CCC)sc2c1. The van der Waals surface area contributed by atoms with Crippen LogP contribution in [0.4, 0.5) is 5.13 Å². The van der Waals surface area contributed by atoms with E-state index in [1.165, 1.54) is 18.4 Å². The number of benzene rings is 1. The molecular weight excluding hydrogens is 348 g/mol. The van der Waals surface area contributed by atoms with Crippen LogP contribution in [0.15, 0.2) is 18.2 Å². The molecule has 0 saturated carbocycles. The maximum atomic E-state index is 12.0. The number of aromatic nitrogens is 1. The van der Waals surface area contributed by atoms with E-state index in [9.17, 15) is 4.79 Å². The molecule has 0 radical (unpaired) electrons. The molecule has 0 bridgehead atoms. The Hall–Kier alpha value is -0.940. The van der Waals surface area contributed by atoms with Gasteiger partial charge in [-0.1, -0.05) is 60.0 Å².